The monoisotopic (exact) mass is 262 g/mol. The highest BCUT2D eigenvalue weighted by Crippen LogP contribution is 2.17. The number of hydrogen-bond acceptors (Lipinski definition) is 3. The third kappa shape index (κ3) is 2.93. The largest absolute Gasteiger partial charge is 0.332 e. The second-order valence-corrected chi connectivity index (χ2v) is 4.52. The molecule has 2 aromatic rings. The lowest BCUT2D eigenvalue weighted by atomic mass is 10.3. The Morgan fingerprint density at radius 3 is 2.68 bits per heavy atom. The van der Waals surface area contributed by atoms with Gasteiger partial charge in [-0.15, -0.1) is 0 Å². The number of carbonyl (C=O) groups excluding carboxylic acids is 1. The zero-order valence-corrected chi connectivity index (χ0v) is 11.5. The molecule has 7 nitrogen and oxygen atoms in total. The molecule has 0 radical (unpaired) electrons. The predicted molar refractivity (Wildman–Crippen MR) is 71.9 cm³/mol. The van der Waals surface area contributed by atoms with Crippen molar-refractivity contribution in [3.8, 4) is 0 Å². The predicted octanol–water partition coefficient (Wildman–Crippen LogP) is 1.39. The summed E-state index contributed by atoms with van der Waals surface area (Å²) in [5.41, 5.74) is 4.23. The van der Waals surface area contributed by atoms with Gasteiger partial charge in [-0.1, -0.05) is 0 Å². The maximum atomic E-state index is 11.8. The molecule has 2 aromatic heterocycles. The van der Waals surface area contributed by atoms with Crippen molar-refractivity contribution in [2.75, 3.05) is 5.32 Å². The van der Waals surface area contributed by atoms with Gasteiger partial charge < -0.3 is 10.6 Å². The smallest absolute Gasteiger partial charge is 0.319 e. The Morgan fingerprint density at radius 2 is 2.16 bits per heavy atom. The molecular formula is C12H18N6O. The quantitative estimate of drug-likeness (QED) is 0.781. The number of aromatic amines is 1. The van der Waals surface area contributed by atoms with Crippen LogP contribution in [0.5, 0.6) is 0 Å². The van der Waals surface area contributed by atoms with Crippen LogP contribution in [0.25, 0.3) is 0 Å². The number of hydrogen-bond donors (Lipinski definition) is 3. The molecule has 0 aliphatic rings. The Morgan fingerprint density at radius 1 is 1.42 bits per heavy atom. The first-order valence-corrected chi connectivity index (χ1v) is 6.03. The van der Waals surface area contributed by atoms with Gasteiger partial charge in [0.15, 0.2) is 0 Å². The van der Waals surface area contributed by atoms with Crippen LogP contribution in [0, 0.1) is 20.8 Å². The van der Waals surface area contributed by atoms with Crippen molar-refractivity contribution >= 4 is 11.7 Å². The van der Waals surface area contributed by atoms with E-state index in [-0.39, 0.29) is 6.03 Å². The summed E-state index contributed by atoms with van der Waals surface area (Å²) in [6.07, 6.45) is 0. The Balaban J connectivity index is 1.94. The topological polar surface area (TPSA) is 87.6 Å². The highest BCUT2D eigenvalue weighted by molar-refractivity contribution is 5.90. The maximum absolute atomic E-state index is 11.8. The Hall–Kier alpha value is -2.31. The van der Waals surface area contributed by atoms with Gasteiger partial charge in [-0.3, -0.25) is 9.78 Å². The van der Waals surface area contributed by atoms with Crippen molar-refractivity contribution in [2.45, 2.75) is 27.3 Å². The number of aryl methyl sites for hydroxylation is 3. The summed E-state index contributed by atoms with van der Waals surface area (Å²) in [6.45, 7) is 6.07. The van der Waals surface area contributed by atoms with E-state index in [4.69, 9.17) is 0 Å². The minimum absolute atomic E-state index is 0.264. The second-order valence-electron chi connectivity index (χ2n) is 4.52. The number of carbonyl (C=O) groups is 1. The molecule has 102 valence electrons. The first kappa shape index (κ1) is 13.1. The molecule has 3 N–H and O–H groups in total. The number of amides is 2. The molecule has 0 aliphatic heterocycles. The van der Waals surface area contributed by atoms with E-state index in [0.717, 1.165) is 28.5 Å². The van der Waals surface area contributed by atoms with Gasteiger partial charge in [-0.2, -0.15) is 10.2 Å². The zero-order valence-electron chi connectivity index (χ0n) is 11.5. The summed E-state index contributed by atoms with van der Waals surface area (Å²) in [5, 5.41) is 16.7. The van der Waals surface area contributed by atoms with Gasteiger partial charge in [0.25, 0.3) is 0 Å². The average Bonchev–Trinajstić information content (AvgIpc) is 2.86. The van der Waals surface area contributed by atoms with E-state index in [9.17, 15) is 4.79 Å². The highest BCUT2D eigenvalue weighted by atomic mass is 16.2. The van der Waals surface area contributed by atoms with Crippen molar-refractivity contribution in [1.82, 2.24) is 25.3 Å². The maximum Gasteiger partial charge on any atom is 0.319 e. The fourth-order valence-electron chi connectivity index (χ4n) is 1.85. The fraction of sp³-hybridized carbons (Fsp3) is 0.417. The molecule has 0 fully saturated rings. The molecule has 0 aromatic carbocycles. The molecule has 7 heteroatoms. The van der Waals surface area contributed by atoms with E-state index in [2.05, 4.69) is 25.9 Å². The van der Waals surface area contributed by atoms with Crippen LogP contribution in [0.1, 0.15) is 22.8 Å². The molecule has 0 unspecified atom stereocenters. The Labute approximate surface area is 111 Å². The van der Waals surface area contributed by atoms with E-state index in [0.29, 0.717) is 6.54 Å². The lowest BCUT2D eigenvalue weighted by Crippen LogP contribution is -2.28. The van der Waals surface area contributed by atoms with E-state index in [1.165, 1.54) is 0 Å². The number of nitrogens with zero attached hydrogens (tertiary/aromatic N) is 3. The van der Waals surface area contributed by atoms with Crippen LogP contribution in [0.4, 0.5) is 10.5 Å². The van der Waals surface area contributed by atoms with Gasteiger partial charge in [0.1, 0.15) is 0 Å². The molecule has 0 saturated heterocycles. The normalized spacial score (nSPS) is 10.5. The van der Waals surface area contributed by atoms with Gasteiger partial charge in [-0.25, -0.2) is 4.79 Å². The summed E-state index contributed by atoms with van der Waals surface area (Å²) >= 11 is 0. The molecule has 0 saturated carbocycles. The van der Waals surface area contributed by atoms with Crippen LogP contribution in [-0.4, -0.2) is 26.0 Å². The highest BCUT2D eigenvalue weighted by Gasteiger charge is 2.12. The molecule has 2 rings (SSSR count). The molecule has 0 aliphatic carbocycles. The summed E-state index contributed by atoms with van der Waals surface area (Å²) in [7, 11) is 1.85. The molecule has 2 heterocycles. The number of urea groups is 1. The van der Waals surface area contributed by atoms with Crippen molar-refractivity contribution in [1.29, 1.82) is 0 Å². The van der Waals surface area contributed by atoms with Crippen molar-refractivity contribution in [3.05, 3.63) is 28.8 Å². The van der Waals surface area contributed by atoms with Crippen molar-refractivity contribution in [2.24, 2.45) is 7.05 Å². The molecule has 19 heavy (non-hydrogen) atoms. The van der Waals surface area contributed by atoms with Crippen molar-refractivity contribution < 1.29 is 4.79 Å². The second kappa shape index (κ2) is 5.13. The number of H-pyrrole nitrogens is 1. The van der Waals surface area contributed by atoms with Crippen LogP contribution in [0.15, 0.2) is 6.07 Å². The Bertz CT molecular complexity index is 597. The van der Waals surface area contributed by atoms with E-state index >= 15 is 0 Å². The van der Waals surface area contributed by atoms with Gasteiger partial charge in [-0.05, 0) is 26.8 Å². The first-order valence-electron chi connectivity index (χ1n) is 6.03. The van der Waals surface area contributed by atoms with Crippen LogP contribution in [0.2, 0.25) is 0 Å². The van der Waals surface area contributed by atoms with Crippen LogP contribution in [-0.2, 0) is 13.6 Å². The molecule has 0 bridgehead atoms. The van der Waals surface area contributed by atoms with E-state index in [1.807, 2.05) is 33.9 Å². The lowest BCUT2D eigenvalue weighted by molar-refractivity contribution is 0.251. The SMILES string of the molecule is Cc1cc(CNC(=O)Nc2c(C)nn(C)c2C)n[nH]1. The zero-order chi connectivity index (χ0) is 14.0. The minimum atomic E-state index is -0.264. The van der Waals surface area contributed by atoms with Gasteiger partial charge in [0.05, 0.1) is 29.3 Å². The van der Waals surface area contributed by atoms with Crippen LogP contribution < -0.4 is 10.6 Å². The van der Waals surface area contributed by atoms with Gasteiger partial charge in [0, 0.05) is 12.7 Å². The number of rotatable bonds is 3. The van der Waals surface area contributed by atoms with Gasteiger partial charge >= 0.3 is 6.03 Å². The van der Waals surface area contributed by atoms with Gasteiger partial charge in [0.2, 0.25) is 0 Å². The number of nitrogens with one attached hydrogen (secondary N) is 3. The molecule has 0 atom stereocenters. The Kier molecular flexibility index (Phi) is 3.55. The first-order chi connectivity index (χ1) is 8.97. The molecular weight excluding hydrogens is 244 g/mol. The van der Waals surface area contributed by atoms with Crippen LogP contribution >= 0.6 is 0 Å². The fourth-order valence-corrected chi connectivity index (χ4v) is 1.85. The summed E-state index contributed by atoms with van der Waals surface area (Å²) < 4.78 is 1.74. The number of anilines is 1. The number of aromatic nitrogens is 4. The standard InChI is InChI=1S/C12H18N6O/c1-7-5-10(16-15-7)6-13-12(19)14-11-8(2)17-18(4)9(11)3/h5H,6H2,1-4H3,(H,15,16)(H2,13,14,19). The third-order valence-electron chi connectivity index (χ3n) is 2.94. The molecule has 2 amide bonds. The summed E-state index contributed by atoms with van der Waals surface area (Å²) in [6, 6.07) is 1.63. The van der Waals surface area contributed by atoms with Crippen LogP contribution in [0.3, 0.4) is 0 Å². The third-order valence-corrected chi connectivity index (χ3v) is 2.94. The minimum Gasteiger partial charge on any atom is -0.332 e. The van der Waals surface area contributed by atoms with E-state index in [1.54, 1.807) is 4.68 Å². The van der Waals surface area contributed by atoms with Crippen molar-refractivity contribution in [3.63, 3.8) is 0 Å². The summed E-state index contributed by atoms with van der Waals surface area (Å²) in [5.74, 6) is 0. The van der Waals surface area contributed by atoms with E-state index < -0.39 is 0 Å². The lowest BCUT2D eigenvalue weighted by Gasteiger charge is -2.06. The summed E-state index contributed by atoms with van der Waals surface area (Å²) in [4.78, 5) is 11.8. The average molecular weight is 262 g/mol. The molecule has 0 spiro atoms.